The molecular formula is C26H21NO7. The van der Waals surface area contributed by atoms with E-state index < -0.39 is 4.92 Å². The average molecular weight is 459 g/mol. The number of nitrogens with zero attached hydrogens (tertiary/aromatic N) is 1. The van der Waals surface area contributed by atoms with Crippen LogP contribution in [0.25, 0.3) is 22.3 Å². The lowest BCUT2D eigenvalue weighted by Gasteiger charge is -2.21. The number of nitro groups is 1. The fourth-order valence-electron chi connectivity index (χ4n) is 3.99. The Bertz CT molecular complexity index is 1470. The van der Waals surface area contributed by atoms with Crippen LogP contribution >= 0.6 is 0 Å². The zero-order valence-corrected chi connectivity index (χ0v) is 18.6. The second kappa shape index (κ2) is 8.64. The number of benzene rings is 3. The number of nitro benzene ring substituents is 1. The maximum Gasteiger partial charge on any atom is 0.270 e. The number of fused-ring (bicyclic) bond motifs is 2. The lowest BCUT2D eigenvalue weighted by Crippen LogP contribution is -2.16. The van der Waals surface area contributed by atoms with Crippen molar-refractivity contribution in [3.8, 4) is 22.8 Å². The van der Waals surface area contributed by atoms with Crippen LogP contribution in [-0.2, 0) is 18.0 Å². The summed E-state index contributed by atoms with van der Waals surface area (Å²) in [7, 11) is 0. The number of aryl methyl sites for hydroxylation is 2. The molecule has 3 aromatic carbocycles. The third kappa shape index (κ3) is 3.88. The average Bonchev–Trinajstić information content (AvgIpc) is 2.84. The second-order valence-electron chi connectivity index (χ2n) is 8.14. The van der Waals surface area contributed by atoms with Crippen LogP contribution in [0.4, 0.5) is 5.69 Å². The van der Waals surface area contributed by atoms with Crippen LogP contribution in [0.15, 0.2) is 63.8 Å². The summed E-state index contributed by atoms with van der Waals surface area (Å²) in [6, 6.07) is 15.6. The van der Waals surface area contributed by atoms with Gasteiger partial charge in [-0.15, -0.1) is 0 Å². The molecule has 0 spiro atoms. The highest BCUT2D eigenvalue weighted by molar-refractivity contribution is 5.83. The van der Waals surface area contributed by atoms with Gasteiger partial charge in [-0.05, 0) is 37.1 Å². The molecule has 5 rings (SSSR count). The Balaban J connectivity index is 1.64. The summed E-state index contributed by atoms with van der Waals surface area (Å²) in [5.41, 5.74) is 3.70. The minimum absolute atomic E-state index is 0.0316. The Morgan fingerprint density at radius 3 is 2.59 bits per heavy atom. The molecule has 8 nitrogen and oxygen atoms in total. The molecule has 34 heavy (non-hydrogen) atoms. The molecule has 0 N–H and O–H groups in total. The Kier molecular flexibility index (Phi) is 5.51. The lowest BCUT2D eigenvalue weighted by atomic mass is 10.0. The summed E-state index contributed by atoms with van der Waals surface area (Å²) in [5.74, 6) is 0.800. The minimum Gasteiger partial charge on any atom is -0.481 e. The summed E-state index contributed by atoms with van der Waals surface area (Å²) in [5, 5.41) is 11.8. The molecule has 1 aliphatic heterocycles. The van der Waals surface area contributed by atoms with Gasteiger partial charge < -0.3 is 18.6 Å². The summed E-state index contributed by atoms with van der Waals surface area (Å²) in [4.78, 5) is 24.5. The molecular weight excluding hydrogens is 438 g/mol. The summed E-state index contributed by atoms with van der Waals surface area (Å²) >= 11 is 0. The first-order chi connectivity index (χ1) is 16.4. The number of ether oxygens (including phenoxy) is 3. The van der Waals surface area contributed by atoms with Crippen molar-refractivity contribution in [3.05, 3.63) is 97.2 Å². The van der Waals surface area contributed by atoms with Crippen molar-refractivity contribution in [2.45, 2.75) is 27.1 Å². The molecule has 0 amide bonds. The quantitative estimate of drug-likeness (QED) is 0.290. The van der Waals surface area contributed by atoms with Crippen LogP contribution in [0.5, 0.6) is 11.5 Å². The fraction of sp³-hybridized carbons (Fsp3) is 0.192. The third-order valence-electron chi connectivity index (χ3n) is 5.86. The van der Waals surface area contributed by atoms with Crippen molar-refractivity contribution in [3.63, 3.8) is 0 Å². The maximum absolute atomic E-state index is 13.5. The highest BCUT2D eigenvalue weighted by atomic mass is 16.7. The fourth-order valence-corrected chi connectivity index (χ4v) is 3.99. The predicted octanol–water partition coefficient (Wildman–Crippen LogP) is 5.43. The van der Waals surface area contributed by atoms with Gasteiger partial charge in [0.25, 0.3) is 5.69 Å². The SMILES string of the molecule is Cc1cc2oc(-c3ccccc3)c(OCc3cc([N+](=O)[O-])cc4c3OCOC4)c(=O)c2cc1C. The van der Waals surface area contributed by atoms with Gasteiger partial charge in [-0.25, -0.2) is 0 Å². The molecule has 0 aliphatic carbocycles. The van der Waals surface area contributed by atoms with Gasteiger partial charge in [0, 0.05) is 28.8 Å². The van der Waals surface area contributed by atoms with E-state index in [1.54, 1.807) is 6.07 Å². The Hall–Kier alpha value is -4.17. The number of hydrogen-bond acceptors (Lipinski definition) is 7. The van der Waals surface area contributed by atoms with E-state index in [0.29, 0.717) is 39.2 Å². The zero-order chi connectivity index (χ0) is 23.8. The van der Waals surface area contributed by atoms with E-state index in [1.807, 2.05) is 50.2 Å². The van der Waals surface area contributed by atoms with Crippen molar-refractivity contribution in [2.24, 2.45) is 0 Å². The topological polar surface area (TPSA) is 101 Å². The molecule has 0 saturated carbocycles. The van der Waals surface area contributed by atoms with Gasteiger partial charge in [0.2, 0.25) is 11.2 Å². The van der Waals surface area contributed by atoms with E-state index in [1.165, 1.54) is 12.1 Å². The molecule has 8 heteroatoms. The van der Waals surface area contributed by atoms with Gasteiger partial charge in [0.05, 0.1) is 16.9 Å². The van der Waals surface area contributed by atoms with Crippen molar-refractivity contribution >= 4 is 16.7 Å². The largest absolute Gasteiger partial charge is 0.481 e. The zero-order valence-electron chi connectivity index (χ0n) is 18.6. The first-order valence-corrected chi connectivity index (χ1v) is 10.7. The van der Waals surface area contributed by atoms with Gasteiger partial charge in [-0.1, -0.05) is 30.3 Å². The molecule has 0 saturated heterocycles. The van der Waals surface area contributed by atoms with Gasteiger partial charge in [0.15, 0.2) is 12.6 Å². The summed E-state index contributed by atoms with van der Waals surface area (Å²) < 4.78 is 23.1. The van der Waals surface area contributed by atoms with Crippen molar-refractivity contribution in [1.29, 1.82) is 0 Å². The van der Waals surface area contributed by atoms with Gasteiger partial charge >= 0.3 is 0 Å². The number of hydrogen-bond donors (Lipinski definition) is 0. The molecule has 4 aromatic rings. The molecule has 1 aliphatic rings. The summed E-state index contributed by atoms with van der Waals surface area (Å²) in [6.07, 6.45) is 0. The van der Waals surface area contributed by atoms with E-state index in [-0.39, 0.29) is 36.9 Å². The lowest BCUT2D eigenvalue weighted by molar-refractivity contribution is -0.385. The highest BCUT2D eigenvalue weighted by Gasteiger charge is 2.23. The number of non-ortho nitro benzene ring substituents is 1. The standard InChI is InChI=1S/C26H21NO7/c1-15-8-21-22(9-16(15)2)34-25(17-6-4-3-5-7-17)26(23(21)28)32-13-19-11-20(27(29)30)10-18-12-31-14-33-24(18)19/h3-11H,12-14H2,1-2H3. The third-order valence-corrected chi connectivity index (χ3v) is 5.86. The van der Waals surface area contributed by atoms with Crippen LogP contribution in [0.1, 0.15) is 22.3 Å². The molecule has 1 aromatic heterocycles. The van der Waals surface area contributed by atoms with Crippen LogP contribution in [-0.4, -0.2) is 11.7 Å². The maximum atomic E-state index is 13.5. The van der Waals surface area contributed by atoms with Crippen molar-refractivity contribution in [1.82, 2.24) is 0 Å². The van der Waals surface area contributed by atoms with Crippen molar-refractivity contribution < 1.29 is 23.6 Å². The van der Waals surface area contributed by atoms with Gasteiger partial charge in [-0.3, -0.25) is 14.9 Å². The molecule has 0 unspecified atom stereocenters. The molecule has 0 bridgehead atoms. The van der Waals surface area contributed by atoms with E-state index in [9.17, 15) is 14.9 Å². The molecule has 172 valence electrons. The Morgan fingerprint density at radius 2 is 1.82 bits per heavy atom. The number of rotatable bonds is 5. The molecule has 0 atom stereocenters. The van der Waals surface area contributed by atoms with Gasteiger partial charge in [-0.2, -0.15) is 0 Å². The monoisotopic (exact) mass is 459 g/mol. The summed E-state index contributed by atoms with van der Waals surface area (Å²) in [6.45, 7) is 3.98. The van der Waals surface area contributed by atoms with E-state index >= 15 is 0 Å². The van der Waals surface area contributed by atoms with Crippen molar-refractivity contribution in [2.75, 3.05) is 6.79 Å². The van der Waals surface area contributed by atoms with Crippen LogP contribution < -0.4 is 14.9 Å². The Morgan fingerprint density at radius 1 is 1.06 bits per heavy atom. The van der Waals surface area contributed by atoms with Crippen LogP contribution in [0.3, 0.4) is 0 Å². The van der Waals surface area contributed by atoms with E-state index in [2.05, 4.69) is 0 Å². The molecule has 2 heterocycles. The molecule has 0 fully saturated rings. The predicted molar refractivity (Wildman–Crippen MR) is 125 cm³/mol. The highest BCUT2D eigenvalue weighted by Crippen LogP contribution is 2.35. The van der Waals surface area contributed by atoms with Gasteiger partial charge in [0.1, 0.15) is 17.9 Å². The van der Waals surface area contributed by atoms with Crippen LogP contribution in [0.2, 0.25) is 0 Å². The van der Waals surface area contributed by atoms with Crippen LogP contribution in [0, 0.1) is 24.0 Å². The first-order valence-electron chi connectivity index (χ1n) is 10.7. The van der Waals surface area contributed by atoms with E-state index in [0.717, 1.165) is 11.1 Å². The van der Waals surface area contributed by atoms with E-state index in [4.69, 9.17) is 18.6 Å². The Labute approximate surface area is 194 Å². The normalized spacial score (nSPS) is 12.8. The first kappa shape index (κ1) is 21.7. The minimum atomic E-state index is -0.483. The smallest absolute Gasteiger partial charge is 0.270 e. The molecule has 0 radical (unpaired) electrons. The second-order valence-corrected chi connectivity index (χ2v) is 8.14.